The Morgan fingerprint density at radius 1 is 1.29 bits per heavy atom. The molecule has 1 aliphatic rings. The van der Waals surface area contributed by atoms with Crippen molar-refractivity contribution in [2.75, 3.05) is 33.2 Å². The Balaban J connectivity index is 0.00000288. The van der Waals surface area contributed by atoms with Gasteiger partial charge in [-0.1, -0.05) is 19.9 Å². The van der Waals surface area contributed by atoms with Crippen LogP contribution in [0.1, 0.15) is 38.0 Å². The summed E-state index contributed by atoms with van der Waals surface area (Å²) < 4.78 is 0. The predicted octanol–water partition coefficient (Wildman–Crippen LogP) is 3.58. The molecule has 1 aromatic heterocycles. The van der Waals surface area contributed by atoms with Crippen LogP contribution in [0.15, 0.2) is 22.5 Å². The fourth-order valence-corrected chi connectivity index (χ4v) is 3.92. The van der Waals surface area contributed by atoms with E-state index in [2.05, 4.69) is 51.9 Å². The lowest BCUT2D eigenvalue weighted by atomic mass is 10.0. The maximum atomic E-state index is 4.36. The average Bonchev–Trinajstić information content (AvgIpc) is 3.21. The first-order chi connectivity index (χ1) is 11.2. The maximum absolute atomic E-state index is 4.36. The average molecular weight is 464 g/mol. The first-order valence-electron chi connectivity index (χ1n) is 8.90. The summed E-state index contributed by atoms with van der Waals surface area (Å²) in [5.74, 6) is 1.66. The smallest absolute Gasteiger partial charge is 0.191 e. The SMILES string of the molecule is CN=C(NCCc1cccs1)NCC(CC(C)C)N1CCCC1.I. The van der Waals surface area contributed by atoms with Crippen LogP contribution in [-0.2, 0) is 6.42 Å². The molecule has 1 aromatic rings. The molecule has 0 radical (unpaired) electrons. The molecule has 0 amide bonds. The molecule has 2 rings (SSSR count). The third kappa shape index (κ3) is 7.70. The van der Waals surface area contributed by atoms with Crippen molar-refractivity contribution < 1.29 is 0 Å². The van der Waals surface area contributed by atoms with Crippen molar-refractivity contribution in [2.45, 2.75) is 45.6 Å². The second kappa shape index (κ2) is 12.1. The minimum absolute atomic E-state index is 0. The van der Waals surface area contributed by atoms with Gasteiger partial charge in [0, 0.05) is 31.1 Å². The van der Waals surface area contributed by atoms with Crippen molar-refractivity contribution in [3.8, 4) is 0 Å². The van der Waals surface area contributed by atoms with Gasteiger partial charge >= 0.3 is 0 Å². The second-order valence-corrected chi connectivity index (χ2v) is 7.77. The number of rotatable bonds is 8. The monoisotopic (exact) mass is 464 g/mol. The topological polar surface area (TPSA) is 39.7 Å². The van der Waals surface area contributed by atoms with Gasteiger partial charge in [-0.15, -0.1) is 35.3 Å². The zero-order valence-electron chi connectivity index (χ0n) is 15.3. The lowest BCUT2D eigenvalue weighted by Gasteiger charge is -2.29. The van der Waals surface area contributed by atoms with E-state index >= 15 is 0 Å². The Labute approximate surface area is 168 Å². The van der Waals surface area contributed by atoms with Crippen molar-refractivity contribution in [1.82, 2.24) is 15.5 Å². The molecule has 1 atom stereocenters. The van der Waals surface area contributed by atoms with Gasteiger partial charge in [0.2, 0.25) is 0 Å². The largest absolute Gasteiger partial charge is 0.356 e. The molecular weight excluding hydrogens is 431 g/mol. The van der Waals surface area contributed by atoms with Gasteiger partial charge in [0.1, 0.15) is 0 Å². The van der Waals surface area contributed by atoms with Crippen LogP contribution in [0.4, 0.5) is 0 Å². The van der Waals surface area contributed by atoms with Crippen LogP contribution in [0, 0.1) is 5.92 Å². The van der Waals surface area contributed by atoms with Crippen LogP contribution < -0.4 is 10.6 Å². The van der Waals surface area contributed by atoms with Crippen molar-refractivity contribution in [3.05, 3.63) is 22.4 Å². The van der Waals surface area contributed by atoms with E-state index < -0.39 is 0 Å². The van der Waals surface area contributed by atoms with E-state index in [9.17, 15) is 0 Å². The van der Waals surface area contributed by atoms with Crippen molar-refractivity contribution >= 4 is 41.3 Å². The third-order valence-electron chi connectivity index (χ3n) is 4.37. The van der Waals surface area contributed by atoms with Gasteiger partial charge in [0.25, 0.3) is 0 Å². The van der Waals surface area contributed by atoms with E-state index in [0.29, 0.717) is 6.04 Å². The molecule has 6 heteroatoms. The summed E-state index contributed by atoms with van der Waals surface area (Å²) >= 11 is 1.82. The van der Waals surface area contributed by atoms with Crippen molar-refractivity contribution in [2.24, 2.45) is 10.9 Å². The number of thiophene rings is 1. The summed E-state index contributed by atoms with van der Waals surface area (Å²) in [6, 6.07) is 4.92. The molecule has 1 saturated heterocycles. The Kier molecular flexibility index (Phi) is 10.9. The molecule has 4 nitrogen and oxygen atoms in total. The molecule has 1 aliphatic heterocycles. The summed E-state index contributed by atoms with van der Waals surface area (Å²) in [4.78, 5) is 8.43. The van der Waals surface area contributed by atoms with Gasteiger partial charge in [-0.2, -0.15) is 0 Å². The molecule has 24 heavy (non-hydrogen) atoms. The fourth-order valence-electron chi connectivity index (χ4n) is 3.21. The Bertz CT molecular complexity index is 456. The zero-order valence-corrected chi connectivity index (χ0v) is 18.4. The zero-order chi connectivity index (χ0) is 16.5. The van der Waals surface area contributed by atoms with Crippen LogP contribution in [-0.4, -0.2) is 50.1 Å². The molecule has 2 heterocycles. The van der Waals surface area contributed by atoms with Gasteiger partial charge < -0.3 is 10.6 Å². The highest BCUT2D eigenvalue weighted by molar-refractivity contribution is 14.0. The number of halogens is 1. The molecule has 0 saturated carbocycles. The number of aliphatic imine (C=N–C) groups is 1. The van der Waals surface area contributed by atoms with Gasteiger partial charge in [0.15, 0.2) is 5.96 Å². The highest BCUT2D eigenvalue weighted by Gasteiger charge is 2.22. The fraction of sp³-hybridized carbons (Fsp3) is 0.722. The lowest BCUT2D eigenvalue weighted by molar-refractivity contribution is 0.213. The Morgan fingerprint density at radius 3 is 2.62 bits per heavy atom. The van der Waals surface area contributed by atoms with E-state index in [4.69, 9.17) is 0 Å². The summed E-state index contributed by atoms with van der Waals surface area (Å²) in [5, 5.41) is 9.10. The van der Waals surface area contributed by atoms with Crippen molar-refractivity contribution in [1.29, 1.82) is 0 Å². The van der Waals surface area contributed by atoms with Crippen LogP contribution in [0.3, 0.4) is 0 Å². The minimum atomic E-state index is 0. The van der Waals surface area contributed by atoms with Crippen molar-refractivity contribution in [3.63, 3.8) is 0 Å². The standard InChI is InChI=1S/C18H32N4S.HI/c1-15(2)13-16(22-10-4-5-11-22)14-21-18(19-3)20-9-8-17-7-6-12-23-17;/h6-7,12,15-16H,4-5,8-11,13-14H2,1-3H3,(H2,19,20,21);1H. The molecule has 2 N–H and O–H groups in total. The normalized spacial score (nSPS) is 16.9. The van der Waals surface area contributed by atoms with E-state index in [1.54, 1.807) is 0 Å². The molecule has 0 bridgehead atoms. The number of hydrogen-bond donors (Lipinski definition) is 2. The summed E-state index contributed by atoms with van der Waals surface area (Å²) in [5.41, 5.74) is 0. The third-order valence-corrected chi connectivity index (χ3v) is 5.31. The second-order valence-electron chi connectivity index (χ2n) is 6.74. The van der Waals surface area contributed by atoms with Crippen LogP contribution >= 0.6 is 35.3 Å². The van der Waals surface area contributed by atoms with Crippen LogP contribution in [0.5, 0.6) is 0 Å². The molecule has 0 aliphatic carbocycles. The van der Waals surface area contributed by atoms with Gasteiger partial charge in [-0.05, 0) is 56.1 Å². The summed E-state index contributed by atoms with van der Waals surface area (Å²) in [7, 11) is 1.85. The van der Waals surface area contributed by atoms with Gasteiger partial charge in [-0.3, -0.25) is 9.89 Å². The van der Waals surface area contributed by atoms with Gasteiger partial charge in [-0.25, -0.2) is 0 Å². The van der Waals surface area contributed by atoms with Crippen LogP contribution in [0.2, 0.25) is 0 Å². The van der Waals surface area contributed by atoms with E-state index in [1.807, 2.05) is 18.4 Å². The molecule has 1 fully saturated rings. The minimum Gasteiger partial charge on any atom is -0.356 e. The summed E-state index contributed by atoms with van der Waals surface area (Å²) in [6.07, 6.45) is 5.00. The first kappa shape index (κ1) is 21.7. The van der Waals surface area contributed by atoms with Gasteiger partial charge in [0.05, 0.1) is 0 Å². The Hall–Kier alpha value is -0.340. The quantitative estimate of drug-likeness (QED) is 0.351. The highest BCUT2D eigenvalue weighted by Crippen LogP contribution is 2.17. The molecule has 138 valence electrons. The van der Waals surface area contributed by atoms with Crippen LogP contribution in [0.25, 0.3) is 0 Å². The number of nitrogens with zero attached hydrogens (tertiary/aromatic N) is 2. The predicted molar refractivity (Wildman–Crippen MR) is 117 cm³/mol. The Morgan fingerprint density at radius 2 is 2.04 bits per heavy atom. The molecule has 1 unspecified atom stereocenters. The summed E-state index contributed by atoms with van der Waals surface area (Å²) in [6.45, 7) is 9.05. The van der Waals surface area contributed by atoms with E-state index in [0.717, 1.165) is 31.4 Å². The first-order valence-corrected chi connectivity index (χ1v) is 9.78. The number of guanidine groups is 1. The molecule has 0 aromatic carbocycles. The number of nitrogens with one attached hydrogen (secondary N) is 2. The maximum Gasteiger partial charge on any atom is 0.191 e. The number of hydrogen-bond acceptors (Lipinski definition) is 3. The highest BCUT2D eigenvalue weighted by atomic mass is 127. The molecular formula is C18H33IN4S. The lowest BCUT2D eigenvalue weighted by Crippen LogP contribution is -2.47. The van der Waals surface area contributed by atoms with E-state index in [1.165, 1.54) is 37.2 Å². The van der Waals surface area contributed by atoms with E-state index in [-0.39, 0.29) is 24.0 Å². The number of likely N-dealkylation sites (tertiary alicyclic amines) is 1. The molecule has 0 spiro atoms.